The van der Waals surface area contributed by atoms with Gasteiger partial charge in [0.1, 0.15) is 6.61 Å². The van der Waals surface area contributed by atoms with Gasteiger partial charge in [-0.2, -0.15) is 0 Å². The summed E-state index contributed by atoms with van der Waals surface area (Å²) in [6.45, 7) is 5.29. The molecule has 0 aromatic rings. The van der Waals surface area contributed by atoms with Crippen molar-refractivity contribution in [3.63, 3.8) is 0 Å². The highest BCUT2D eigenvalue weighted by Gasteiger charge is 2.16. The number of ether oxygens (including phenoxy) is 1. The summed E-state index contributed by atoms with van der Waals surface area (Å²) in [5.74, 6) is -0.826. The van der Waals surface area contributed by atoms with E-state index in [0.29, 0.717) is 38.6 Å². The van der Waals surface area contributed by atoms with Crippen molar-refractivity contribution in [1.29, 1.82) is 0 Å². The largest absolute Gasteiger partial charge is 0.464 e. The van der Waals surface area contributed by atoms with Gasteiger partial charge in [0.05, 0.1) is 6.04 Å². The minimum atomic E-state index is -0.430. The van der Waals surface area contributed by atoms with E-state index in [0.717, 1.165) is 0 Å². The van der Waals surface area contributed by atoms with Gasteiger partial charge in [-0.25, -0.2) is 0 Å². The summed E-state index contributed by atoms with van der Waals surface area (Å²) in [4.78, 5) is 55.4. The van der Waals surface area contributed by atoms with Crippen LogP contribution in [0, 0.1) is 0 Å². The Morgan fingerprint density at radius 1 is 0.929 bits per heavy atom. The quantitative estimate of drug-likeness (QED) is 0.154. The molecule has 0 spiro atoms. The van der Waals surface area contributed by atoms with Crippen LogP contribution in [0.25, 0.3) is 0 Å². The fourth-order valence-corrected chi connectivity index (χ4v) is 2.42. The molecule has 0 radical (unpaired) electrons. The second kappa shape index (κ2) is 15.4. The lowest BCUT2D eigenvalue weighted by Crippen LogP contribution is -2.41. The highest BCUT2D eigenvalue weighted by atomic mass is 16.5. The first kappa shape index (κ1) is 25.4. The van der Waals surface area contributed by atoms with E-state index in [1.807, 2.05) is 0 Å². The third kappa shape index (κ3) is 14.5. The molecule has 0 aromatic carbocycles. The maximum atomic E-state index is 12.0. The van der Waals surface area contributed by atoms with Gasteiger partial charge in [0.25, 0.3) is 0 Å². The number of unbranched alkanes of at least 4 members (excludes halogenated alkanes) is 1. The van der Waals surface area contributed by atoms with Crippen LogP contribution in [0.15, 0.2) is 0 Å². The maximum absolute atomic E-state index is 12.0. The molecule has 160 valence electrons. The van der Waals surface area contributed by atoms with Gasteiger partial charge in [-0.3, -0.25) is 24.0 Å². The summed E-state index contributed by atoms with van der Waals surface area (Å²) >= 11 is 0. The number of hydrogen-bond acceptors (Lipinski definition) is 6. The lowest BCUT2D eigenvalue weighted by atomic mass is 10.1. The molecule has 0 bridgehead atoms. The van der Waals surface area contributed by atoms with Crippen LogP contribution in [0.4, 0.5) is 0 Å². The molecule has 0 aliphatic carbocycles. The van der Waals surface area contributed by atoms with Crippen LogP contribution in [0.2, 0.25) is 0 Å². The molecule has 0 fully saturated rings. The molecule has 4 amide bonds. The fraction of sp³-hybridized carbons (Fsp3) is 0.722. The Bertz CT molecular complexity index is 514. The molecule has 0 unspecified atom stereocenters. The number of carbonyl (C=O) groups excluding carboxylic acids is 5. The zero-order valence-corrected chi connectivity index (χ0v) is 16.8. The fourth-order valence-electron chi connectivity index (χ4n) is 2.42. The number of nitrogens with one attached hydrogen (secondary N) is 4. The van der Waals surface area contributed by atoms with Gasteiger partial charge in [0.2, 0.25) is 24.6 Å². The van der Waals surface area contributed by atoms with Gasteiger partial charge < -0.3 is 26.0 Å². The van der Waals surface area contributed by atoms with Crippen molar-refractivity contribution in [1.82, 2.24) is 21.3 Å². The summed E-state index contributed by atoms with van der Waals surface area (Å²) in [5.41, 5.74) is 0. The third-order valence-electron chi connectivity index (χ3n) is 3.84. The molecule has 0 aliphatic heterocycles. The van der Waals surface area contributed by atoms with E-state index in [1.165, 1.54) is 6.92 Å². The molecule has 0 aromatic heterocycles. The van der Waals surface area contributed by atoms with Gasteiger partial charge in [-0.05, 0) is 33.1 Å². The Morgan fingerprint density at radius 2 is 1.50 bits per heavy atom. The number of rotatable bonds is 16. The number of carbonyl (C=O) groups is 5. The number of amides is 4. The van der Waals surface area contributed by atoms with Crippen molar-refractivity contribution in [3.8, 4) is 0 Å². The molecule has 4 N–H and O–H groups in total. The Labute approximate surface area is 165 Å². The maximum Gasteiger partial charge on any atom is 0.302 e. The van der Waals surface area contributed by atoms with Crippen LogP contribution in [-0.4, -0.2) is 61.9 Å². The van der Waals surface area contributed by atoms with E-state index in [-0.39, 0.29) is 49.4 Å². The van der Waals surface area contributed by atoms with Gasteiger partial charge in [-0.15, -0.1) is 0 Å². The molecule has 10 nitrogen and oxygen atoms in total. The zero-order valence-electron chi connectivity index (χ0n) is 16.8. The van der Waals surface area contributed by atoms with Crippen molar-refractivity contribution >= 4 is 30.6 Å². The summed E-state index contributed by atoms with van der Waals surface area (Å²) in [5, 5.41) is 10.6. The molecule has 3 atom stereocenters. The molecule has 0 saturated heterocycles. The van der Waals surface area contributed by atoms with Crippen molar-refractivity contribution in [2.24, 2.45) is 0 Å². The first-order chi connectivity index (χ1) is 13.3. The van der Waals surface area contributed by atoms with E-state index < -0.39 is 5.97 Å². The van der Waals surface area contributed by atoms with Crippen LogP contribution < -0.4 is 21.3 Å². The van der Waals surface area contributed by atoms with Crippen LogP contribution in [0.5, 0.6) is 0 Å². The van der Waals surface area contributed by atoms with Gasteiger partial charge >= 0.3 is 5.97 Å². The van der Waals surface area contributed by atoms with E-state index in [1.54, 1.807) is 13.8 Å². The average molecular weight is 400 g/mol. The molecule has 0 aliphatic rings. The highest BCUT2D eigenvalue weighted by Crippen LogP contribution is 2.03. The topological polar surface area (TPSA) is 143 Å². The zero-order chi connectivity index (χ0) is 21.4. The van der Waals surface area contributed by atoms with Gasteiger partial charge in [0.15, 0.2) is 0 Å². The van der Waals surface area contributed by atoms with Gasteiger partial charge in [-0.1, -0.05) is 0 Å². The van der Waals surface area contributed by atoms with Crippen LogP contribution >= 0.6 is 0 Å². The average Bonchev–Trinajstić information content (AvgIpc) is 2.59. The Hall–Kier alpha value is -2.65. The molecule has 0 heterocycles. The minimum absolute atomic E-state index is 0.0673. The SMILES string of the molecule is CC(=O)OC[C@H](CCCCNC(=O)C[C@@H](C)NC=O)NC(=O)C[C@@H](C)NC=O. The van der Waals surface area contributed by atoms with Crippen molar-refractivity contribution in [3.05, 3.63) is 0 Å². The molecule has 28 heavy (non-hydrogen) atoms. The molecule has 0 saturated carbocycles. The normalized spacial score (nSPS) is 13.4. The Kier molecular flexibility index (Phi) is 14.0. The second-order valence-corrected chi connectivity index (χ2v) is 6.69. The summed E-state index contributed by atoms with van der Waals surface area (Å²) in [6, 6.07) is -0.859. The molecule has 10 heteroatoms. The minimum Gasteiger partial charge on any atom is -0.464 e. The standard InChI is InChI=1S/C18H32N4O6/c1-13(20-11-23)8-17(26)19-7-5-4-6-16(10-28-15(3)25)22-18(27)9-14(2)21-12-24/h11-14,16H,4-10H2,1-3H3,(H,19,26)(H,20,23)(H,21,24)(H,22,27)/t13-,14-,16+/m1/s1. The molecular formula is C18H32N4O6. The number of esters is 1. The van der Waals surface area contributed by atoms with Crippen LogP contribution in [0.3, 0.4) is 0 Å². The van der Waals surface area contributed by atoms with E-state index in [4.69, 9.17) is 4.74 Å². The second-order valence-electron chi connectivity index (χ2n) is 6.69. The highest BCUT2D eigenvalue weighted by molar-refractivity contribution is 5.77. The summed E-state index contributed by atoms with van der Waals surface area (Å²) < 4.78 is 4.99. The Balaban J connectivity index is 4.22. The third-order valence-corrected chi connectivity index (χ3v) is 3.84. The summed E-state index contributed by atoms with van der Waals surface area (Å²) in [7, 11) is 0. The molecular weight excluding hydrogens is 368 g/mol. The van der Waals surface area contributed by atoms with E-state index >= 15 is 0 Å². The number of hydrogen-bond donors (Lipinski definition) is 4. The monoisotopic (exact) mass is 400 g/mol. The molecule has 0 rings (SSSR count). The Morgan fingerprint density at radius 3 is 2.04 bits per heavy atom. The van der Waals surface area contributed by atoms with E-state index in [9.17, 15) is 24.0 Å². The van der Waals surface area contributed by atoms with Gasteiger partial charge in [0, 0.05) is 38.4 Å². The van der Waals surface area contributed by atoms with Crippen LogP contribution in [-0.2, 0) is 28.7 Å². The smallest absolute Gasteiger partial charge is 0.302 e. The van der Waals surface area contributed by atoms with E-state index in [2.05, 4.69) is 21.3 Å². The van der Waals surface area contributed by atoms with Crippen LogP contribution in [0.1, 0.15) is 52.9 Å². The lowest BCUT2D eigenvalue weighted by Gasteiger charge is -2.20. The van der Waals surface area contributed by atoms with Crippen molar-refractivity contribution in [2.75, 3.05) is 13.2 Å². The predicted octanol–water partition coefficient (Wildman–Crippen LogP) is -0.630. The first-order valence-corrected chi connectivity index (χ1v) is 9.37. The predicted molar refractivity (Wildman–Crippen MR) is 102 cm³/mol. The summed E-state index contributed by atoms with van der Waals surface area (Å²) in [6.07, 6.45) is 3.40. The van der Waals surface area contributed by atoms with Crippen molar-refractivity contribution < 1.29 is 28.7 Å². The van der Waals surface area contributed by atoms with Crippen molar-refractivity contribution in [2.45, 2.75) is 71.0 Å². The lowest BCUT2D eigenvalue weighted by molar-refractivity contribution is -0.142. The first-order valence-electron chi connectivity index (χ1n) is 9.37.